The van der Waals surface area contributed by atoms with Crippen molar-refractivity contribution in [1.29, 1.82) is 0 Å². The fourth-order valence-corrected chi connectivity index (χ4v) is 4.74. The molecular formula is C30H54. The topological polar surface area (TPSA) is 0 Å². The molecule has 0 aromatic rings. The smallest absolute Gasteiger partial charge is 0.0231 e. The summed E-state index contributed by atoms with van der Waals surface area (Å²) in [5.74, 6) is 9.55. The molecule has 30 heavy (non-hydrogen) atoms. The number of hydrogen-bond donors (Lipinski definition) is 0. The van der Waals surface area contributed by atoms with E-state index in [9.17, 15) is 0 Å². The van der Waals surface area contributed by atoms with Gasteiger partial charge in [-0.1, -0.05) is 116 Å². The molecule has 0 aromatic carbocycles. The Hall–Kier alpha value is -0.960. The molecular weight excluding hydrogens is 360 g/mol. The average molecular weight is 415 g/mol. The Morgan fingerprint density at radius 2 is 1.53 bits per heavy atom. The molecule has 0 heteroatoms. The molecule has 0 aromatic heterocycles. The maximum Gasteiger partial charge on any atom is 0.0231 e. The van der Waals surface area contributed by atoms with Crippen molar-refractivity contribution in [1.82, 2.24) is 0 Å². The second-order valence-corrected chi connectivity index (χ2v) is 9.20. The zero-order chi connectivity index (χ0) is 22.6. The number of allylic oxidation sites excluding steroid dienone is 4. The molecule has 4 unspecified atom stereocenters. The molecule has 0 amide bonds. The van der Waals surface area contributed by atoms with Crippen molar-refractivity contribution in [2.45, 2.75) is 132 Å². The van der Waals surface area contributed by atoms with Gasteiger partial charge in [-0.3, -0.25) is 0 Å². The highest BCUT2D eigenvalue weighted by atomic mass is 14.3. The summed E-state index contributed by atoms with van der Waals surface area (Å²) >= 11 is 0. The minimum Gasteiger partial charge on any atom is -0.106 e. The zero-order valence-corrected chi connectivity index (χ0v) is 21.7. The Bertz CT molecular complexity index is 498. The lowest BCUT2D eigenvalue weighted by Crippen LogP contribution is -2.19. The summed E-state index contributed by atoms with van der Waals surface area (Å²) < 4.78 is 0. The van der Waals surface area contributed by atoms with Gasteiger partial charge < -0.3 is 0 Å². The van der Waals surface area contributed by atoms with Crippen LogP contribution in [-0.4, -0.2) is 0 Å². The lowest BCUT2D eigenvalue weighted by atomic mass is 9.77. The standard InChI is InChI=1S/C30H54/c1-8-14-16-17-18-25-30(21-10-3)26(7)27(11-4)23-19-20-24-29(13-6)28(12-5)22-15-9-2/h19-20,22,26-27,29-30H,8-9,11-18,23-25H2,1-7H3/b20-19?,28-22-. The lowest BCUT2D eigenvalue weighted by Gasteiger charge is -2.27. The van der Waals surface area contributed by atoms with Gasteiger partial charge in [0.15, 0.2) is 0 Å². The molecule has 0 rings (SSSR count). The quantitative estimate of drug-likeness (QED) is 0.119. The third-order valence-electron chi connectivity index (χ3n) is 7.00. The van der Waals surface area contributed by atoms with E-state index in [0.29, 0.717) is 11.8 Å². The predicted molar refractivity (Wildman–Crippen MR) is 139 cm³/mol. The minimum absolute atomic E-state index is 0.571. The van der Waals surface area contributed by atoms with Crippen LogP contribution in [0, 0.1) is 35.5 Å². The first-order chi connectivity index (χ1) is 14.6. The van der Waals surface area contributed by atoms with E-state index in [4.69, 9.17) is 0 Å². The largest absolute Gasteiger partial charge is 0.106 e. The van der Waals surface area contributed by atoms with Gasteiger partial charge in [-0.2, -0.15) is 0 Å². The molecule has 0 bridgehead atoms. The van der Waals surface area contributed by atoms with E-state index < -0.39 is 0 Å². The maximum atomic E-state index is 3.57. The van der Waals surface area contributed by atoms with Crippen LogP contribution >= 0.6 is 0 Å². The molecule has 4 atom stereocenters. The van der Waals surface area contributed by atoms with Crippen LogP contribution in [0.1, 0.15) is 132 Å². The van der Waals surface area contributed by atoms with Gasteiger partial charge in [0.05, 0.1) is 0 Å². The first-order valence-electron chi connectivity index (χ1n) is 13.3. The van der Waals surface area contributed by atoms with E-state index in [1.54, 1.807) is 5.57 Å². The van der Waals surface area contributed by atoms with Crippen molar-refractivity contribution in [3.05, 3.63) is 23.8 Å². The van der Waals surface area contributed by atoms with E-state index >= 15 is 0 Å². The van der Waals surface area contributed by atoms with Crippen molar-refractivity contribution in [3.8, 4) is 11.8 Å². The van der Waals surface area contributed by atoms with Crippen molar-refractivity contribution >= 4 is 0 Å². The highest BCUT2D eigenvalue weighted by Gasteiger charge is 2.22. The molecule has 0 heterocycles. The van der Waals surface area contributed by atoms with Crippen LogP contribution in [0.4, 0.5) is 0 Å². The fraction of sp³-hybridized carbons (Fsp3) is 0.800. The summed E-state index contributed by atoms with van der Waals surface area (Å²) in [5.41, 5.74) is 1.67. The summed E-state index contributed by atoms with van der Waals surface area (Å²) in [4.78, 5) is 0. The molecule has 0 saturated heterocycles. The molecule has 0 N–H and O–H groups in total. The van der Waals surface area contributed by atoms with Gasteiger partial charge in [-0.25, -0.2) is 0 Å². The molecule has 0 fully saturated rings. The Kier molecular flexibility index (Phi) is 19.3. The summed E-state index contributed by atoms with van der Waals surface area (Å²) in [7, 11) is 0. The van der Waals surface area contributed by atoms with E-state index in [2.05, 4.69) is 71.6 Å². The molecule has 0 aliphatic carbocycles. The van der Waals surface area contributed by atoms with Crippen LogP contribution < -0.4 is 0 Å². The molecule has 0 saturated carbocycles. The minimum atomic E-state index is 0.571. The van der Waals surface area contributed by atoms with Crippen LogP contribution in [0.2, 0.25) is 0 Å². The van der Waals surface area contributed by atoms with E-state index in [1.807, 2.05) is 6.92 Å². The summed E-state index contributed by atoms with van der Waals surface area (Å²) in [6.07, 6.45) is 24.2. The zero-order valence-electron chi connectivity index (χ0n) is 21.7. The van der Waals surface area contributed by atoms with Gasteiger partial charge in [0.25, 0.3) is 0 Å². The summed E-state index contributed by atoms with van der Waals surface area (Å²) in [6.45, 7) is 16.1. The molecule has 0 spiro atoms. The molecule has 0 aliphatic heterocycles. The fourth-order valence-electron chi connectivity index (χ4n) is 4.74. The Labute approximate surface area is 191 Å². The van der Waals surface area contributed by atoms with Crippen LogP contribution in [0.5, 0.6) is 0 Å². The van der Waals surface area contributed by atoms with Gasteiger partial charge in [-0.05, 0) is 63.2 Å². The Morgan fingerprint density at radius 1 is 0.833 bits per heavy atom. The van der Waals surface area contributed by atoms with Crippen molar-refractivity contribution in [2.75, 3.05) is 0 Å². The molecule has 0 aliphatic rings. The predicted octanol–water partition coefficient (Wildman–Crippen LogP) is 10.1. The van der Waals surface area contributed by atoms with Crippen LogP contribution in [-0.2, 0) is 0 Å². The first-order valence-corrected chi connectivity index (χ1v) is 13.3. The molecule has 0 nitrogen and oxygen atoms in total. The van der Waals surface area contributed by atoms with Gasteiger partial charge in [0.1, 0.15) is 0 Å². The SMILES string of the molecule is CC#CC(CCCCCCC)C(C)C(CC)CC=CCC(CC)/C(=C\CCC)CC. The monoisotopic (exact) mass is 414 g/mol. The van der Waals surface area contributed by atoms with Crippen LogP contribution in [0.3, 0.4) is 0 Å². The van der Waals surface area contributed by atoms with Crippen molar-refractivity contribution in [2.24, 2.45) is 23.7 Å². The Balaban J connectivity index is 4.75. The van der Waals surface area contributed by atoms with E-state index in [0.717, 1.165) is 11.8 Å². The van der Waals surface area contributed by atoms with Gasteiger partial charge in [0, 0.05) is 5.92 Å². The number of rotatable bonds is 18. The molecule has 0 radical (unpaired) electrons. The summed E-state index contributed by atoms with van der Waals surface area (Å²) in [5, 5.41) is 0. The summed E-state index contributed by atoms with van der Waals surface area (Å²) in [6, 6.07) is 0. The van der Waals surface area contributed by atoms with Gasteiger partial charge in [0.2, 0.25) is 0 Å². The van der Waals surface area contributed by atoms with Crippen LogP contribution in [0.25, 0.3) is 0 Å². The van der Waals surface area contributed by atoms with E-state index in [1.165, 1.54) is 83.5 Å². The number of unbranched alkanes of at least 4 members (excludes halogenated alkanes) is 5. The second-order valence-electron chi connectivity index (χ2n) is 9.20. The number of hydrogen-bond acceptors (Lipinski definition) is 0. The third kappa shape index (κ3) is 12.7. The van der Waals surface area contributed by atoms with Crippen molar-refractivity contribution in [3.63, 3.8) is 0 Å². The van der Waals surface area contributed by atoms with Crippen molar-refractivity contribution < 1.29 is 0 Å². The normalized spacial score (nSPS) is 16.2. The van der Waals surface area contributed by atoms with E-state index in [-0.39, 0.29) is 0 Å². The first kappa shape index (κ1) is 29.0. The van der Waals surface area contributed by atoms with Gasteiger partial charge in [-0.15, -0.1) is 5.92 Å². The lowest BCUT2D eigenvalue weighted by molar-refractivity contribution is 0.269. The highest BCUT2D eigenvalue weighted by molar-refractivity contribution is 5.08. The second kappa shape index (κ2) is 20.0. The van der Waals surface area contributed by atoms with Crippen LogP contribution in [0.15, 0.2) is 23.8 Å². The maximum absolute atomic E-state index is 3.57. The third-order valence-corrected chi connectivity index (χ3v) is 7.00. The Morgan fingerprint density at radius 3 is 2.10 bits per heavy atom. The van der Waals surface area contributed by atoms with Gasteiger partial charge >= 0.3 is 0 Å². The molecule has 174 valence electrons. The highest BCUT2D eigenvalue weighted by Crippen LogP contribution is 2.31. The average Bonchev–Trinajstić information content (AvgIpc) is 2.76.